The van der Waals surface area contributed by atoms with E-state index in [0.29, 0.717) is 36.6 Å². The molecule has 1 aromatic carbocycles. The minimum absolute atomic E-state index is 0.190. The van der Waals surface area contributed by atoms with Crippen LogP contribution in [0.25, 0.3) is 0 Å². The maximum absolute atomic E-state index is 12.9. The van der Waals surface area contributed by atoms with Crippen LogP contribution in [0.5, 0.6) is 17.2 Å². The molecule has 1 aromatic rings. The summed E-state index contributed by atoms with van der Waals surface area (Å²) in [7, 11) is 4.74. The van der Waals surface area contributed by atoms with Crippen LogP contribution >= 0.6 is 0 Å². The smallest absolute Gasteiger partial charge is 0.328 e. The highest BCUT2D eigenvalue weighted by molar-refractivity contribution is 6.37. The van der Waals surface area contributed by atoms with Crippen molar-refractivity contribution in [1.82, 2.24) is 4.90 Å². The predicted molar refractivity (Wildman–Crippen MR) is 131 cm³/mol. The molecular formula is C27H39NO7. The number of Topliss-reactive ketones (excluding diaryl/α,β-unsaturated/α-hetero) is 1. The standard InChI is InChI=1S/C27H39NO7/c1-32-22-17-19(18-23(33-2)25(22)34-3)11-8-10-16-35-27(31)21-14-7-9-15-28(21)26(30)24(29)20-12-5-4-6-13-20/h17-18,20-21H,4-16H2,1-3H3. The largest absolute Gasteiger partial charge is 0.493 e. The SMILES string of the molecule is COc1cc(CCCCOC(=O)C2CCCCN2C(=O)C(=O)C2CCCCC2)cc(OC)c1OC. The number of esters is 1. The van der Waals surface area contributed by atoms with Crippen LogP contribution in [0.15, 0.2) is 12.1 Å². The number of methoxy groups -OCH3 is 3. The number of ether oxygens (including phenoxy) is 4. The molecule has 0 spiro atoms. The average molecular weight is 490 g/mol. The van der Waals surface area contributed by atoms with E-state index in [9.17, 15) is 14.4 Å². The van der Waals surface area contributed by atoms with Gasteiger partial charge < -0.3 is 23.8 Å². The molecule has 1 saturated heterocycles. The molecular weight excluding hydrogens is 450 g/mol. The lowest BCUT2D eigenvalue weighted by molar-refractivity contribution is -0.160. The summed E-state index contributed by atoms with van der Waals surface area (Å²) >= 11 is 0. The normalized spacial score (nSPS) is 18.6. The van der Waals surface area contributed by atoms with Gasteiger partial charge in [0.15, 0.2) is 11.5 Å². The highest BCUT2D eigenvalue weighted by Crippen LogP contribution is 2.38. The summed E-state index contributed by atoms with van der Waals surface area (Å²) in [6.07, 6.45) is 9.12. The van der Waals surface area contributed by atoms with Crippen LogP contribution in [-0.2, 0) is 25.5 Å². The summed E-state index contributed by atoms with van der Waals surface area (Å²) in [6, 6.07) is 3.18. The molecule has 1 heterocycles. The van der Waals surface area contributed by atoms with Gasteiger partial charge in [-0.25, -0.2) is 4.79 Å². The second-order valence-corrected chi connectivity index (χ2v) is 9.37. The summed E-state index contributed by atoms with van der Waals surface area (Å²) in [6.45, 7) is 0.719. The van der Waals surface area contributed by atoms with E-state index in [1.54, 1.807) is 21.3 Å². The van der Waals surface area contributed by atoms with Crippen molar-refractivity contribution in [1.29, 1.82) is 0 Å². The van der Waals surface area contributed by atoms with Crippen LogP contribution in [-0.4, -0.2) is 63.1 Å². The summed E-state index contributed by atoms with van der Waals surface area (Å²) in [5, 5.41) is 0. The first kappa shape index (κ1) is 26.8. The monoisotopic (exact) mass is 489 g/mol. The number of hydrogen-bond acceptors (Lipinski definition) is 7. The maximum atomic E-state index is 12.9. The van der Waals surface area contributed by atoms with Gasteiger partial charge in [0.05, 0.1) is 27.9 Å². The first-order chi connectivity index (χ1) is 17.0. The third kappa shape index (κ3) is 6.89. The van der Waals surface area contributed by atoms with E-state index >= 15 is 0 Å². The third-order valence-electron chi connectivity index (χ3n) is 7.05. The second kappa shape index (κ2) is 13.4. The number of carbonyl (C=O) groups excluding carboxylic acids is 3. The molecule has 0 aromatic heterocycles. The molecule has 194 valence electrons. The Balaban J connectivity index is 1.48. The van der Waals surface area contributed by atoms with E-state index < -0.39 is 17.9 Å². The maximum Gasteiger partial charge on any atom is 0.328 e. The van der Waals surface area contributed by atoms with Gasteiger partial charge in [-0.05, 0) is 69.1 Å². The lowest BCUT2D eigenvalue weighted by Gasteiger charge is -2.34. The van der Waals surface area contributed by atoms with Crippen LogP contribution in [0.3, 0.4) is 0 Å². The Kier molecular flexibility index (Phi) is 10.2. The second-order valence-electron chi connectivity index (χ2n) is 9.37. The molecule has 0 bridgehead atoms. The van der Waals surface area contributed by atoms with Gasteiger partial charge in [-0.3, -0.25) is 9.59 Å². The first-order valence-corrected chi connectivity index (χ1v) is 12.8. The first-order valence-electron chi connectivity index (χ1n) is 12.8. The molecule has 0 radical (unpaired) electrons. The van der Waals surface area contributed by atoms with Crippen molar-refractivity contribution in [3.05, 3.63) is 17.7 Å². The zero-order valence-electron chi connectivity index (χ0n) is 21.3. The van der Waals surface area contributed by atoms with Crippen molar-refractivity contribution in [2.75, 3.05) is 34.5 Å². The van der Waals surface area contributed by atoms with Crippen LogP contribution < -0.4 is 14.2 Å². The van der Waals surface area contributed by atoms with Crippen molar-refractivity contribution < 1.29 is 33.3 Å². The van der Waals surface area contributed by atoms with Gasteiger partial charge in [-0.15, -0.1) is 0 Å². The van der Waals surface area contributed by atoms with Gasteiger partial charge in [0.1, 0.15) is 6.04 Å². The van der Waals surface area contributed by atoms with Gasteiger partial charge in [0, 0.05) is 12.5 Å². The zero-order chi connectivity index (χ0) is 25.2. The fourth-order valence-electron chi connectivity index (χ4n) is 5.08. The predicted octanol–water partition coefficient (Wildman–Crippen LogP) is 4.11. The number of hydrogen-bond donors (Lipinski definition) is 0. The molecule has 1 atom stereocenters. The number of benzene rings is 1. The lowest BCUT2D eigenvalue weighted by Crippen LogP contribution is -2.52. The molecule has 1 amide bonds. The molecule has 3 rings (SSSR count). The van der Waals surface area contributed by atoms with E-state index in [4.69, 9.17) is 18.9 Å². The molecule has 8 nitrogen and oxygen atoms in total. The number of unbranched alkanes of at least 4 members (excludes halogenated alkanes) is 1. The summed E-state index contributed by atoms with van der Waals surface area (Å²) in [5.74, 6) is 0.362. The van der Waals surface area contributed by atoms with Gasteiger partial charge in [-0.1, -0.05) is 19.3 Å². The van der Waals surface area contributed by atoms with E-state index in [0.717, 1.165) is 63.4 Å². The number of carbonyl (C=O) groups is 3. The van der Waals surface area contributed by atoms with Crippen LogP contribution in [0.1, 0.15) is 69.8 Å². The quantitative estimate of drug-likeness (QED) is 0.262. The lowest BCUT2D eigenvalue weighted by atomic mass is 9.85. The Morgan fingerprint density at radius 2 is 1.51 bits per heavy atom. The Labute approximate surface area is 208 Å². The number of rotatable bonds is 11. The zero-order valence-corrected chi connectivity index (χ0v) is 21.3. The number of piperidine rings is 1. The van der Waals surface area contributed by atoms with Crippen LogP contribution in [0, 0.1) is 5.92 Å². The molecule has 8 heteroatoms. The minimum Gasteiger partial charge on any atom is -0.493 e. The van der Waals surface area contributed by atoms with E-state index in [1.807, 2.05) is 12.1 Å². The summed E-state index contributed by atoms with van der Waals surface area (Å²) < 4.78 is 21.7. The molecule has 1 saturated carbocycles. The highest BCUT2D eigenvalue weighted by Gasteiger charge is 2.38. The van der Waals surface area contributed by atoms with Crippen molar-refractivity contribution in [2.45, 2.75) is 76.7 Å². The molecule has 2 aliphatic rings. The van der Waals surface area contributed by atoms with Crippen molar-refractivity contribution in [2.24, 2.45) is 5.92 Å². The van der Waals surface area contributed by atoms with Crippen molar-refractivity contribution >= 4 is 17.7 Å². The van der Waals surface area contributed by atoms with Crippen molar-refractivity contribution in [3.63, 3.8) is 0 Å². The Hall–Kier alpha value is -2.77. The third-order valence-corrected chi connectivity index (χ3v) is 7.05. The Morgan fingerprint density at radius 3 is 2.14 bits per heavy atom. The molecule has 35 heavy (non-hydrogen) atoms. The van der Waals surface area contributed by atoms with E-state index in [2.05, 4.69) is 0 Å². The van der Waals surface area contributed by atoms with Gasteiger partial charge in [0.25, 0.3) is 5.91 Å². The molecule has 2 fully saturated rings. The van der Waals surface area contributed by atoms with Gasteiger partial charge in [-0.2, -0.15) is 0 Å². The molecule has 1 aliphatic heterocycles. The molecule has 1 unspecified atom stereocenters. The highest BCUT2D eigenvalue weighted by atomic mass is 16.5. The fraction of sp³-hybridized carbons (Fsp3) is 0.667. The van der Waals surface area contributed by atoms with Gasteiger partial charge in [0.2, 0.25) is 11.5 Å². The van der Waals surface area contributed by atoms with Crippen LogP contribution in [0.2, 0.25) is 0 Å². The number of amides is 1. The van der Waals surface area contributed by atoms with E-state index in [1.165, 1.54) is 4.90 Å². The number of ketones is 1. The number of likely N-dealkylation sites (tertiary alicyclic amines) is 1. The Bertz CT molecular complexity index is 853. The minimum atomic E-state index is -0.654. The summed E-state index contributed by atoms with van der Waals surface area (Å²) in [5.41, 5.74) is 1.04. The fourth-order valence-corrected chi connectivity index (χ4v) is 5.08. The van der Waals surface area contributed by atoms with E-state index in [-0.39, 0.29) is 18.3 Å². The number of nitrogens with zero attached hydrogens (tertiary/aromatic N) is 1. The van der Waals surface area contributed by atoms with Crippen molar-refractivity contribution in [3.8, 4) is 17.2 Å². The van der Waals surface area contributed by atoms with Gasteiger partial charge >= 0.3 is 5.97 Å². The van der Waals surface area contributed by atoms with Crippen LogP contribution in [0.4, 0.5) is 0 Å². The molecule has 0 N–H and O–H groups in total. The summed E-state index contributed by atoms with van der Waals surface area (Å²) in [4.78, 5) is 40.0. The Morgan fingerprint density at radius 1 is 0.857 bits per heavy atom. The average Bonchev–Trinajstić information content (AvgIpc) is 2.91. The topological polar surface area (TPSA) is 91.4 Å². The molecule has 1 aliphatic carbocycles. The number of aryl methyl sites for hydroxylation is 1.